The molecule has 2 aliphatic rings. The molecule has 0 aromatic rings. The SMILES string of the molecule is C[C@H]1CC[C@H]2CC(=O)OC[C@H]21. The number of hydrogen-bond donors (Lipinski definition) is 0. The second-order valence-electron chi connectivity index (χ2n) is 3.87. The van der Waals surface area contributed by atoms with Gasteiger partial charge in [0.25, 0.3) is 0 Å². The van der Waals surface area contributed by atoms with Crippen molar-refractivity contribution in [3.8, 4) is 0 Å². The van der Waals surface area contributed by atoms with E-state index in [9.17, 15) is 4.79 Å². The molecule has 1 saturated heterocycles. The Hall–Kier alpha value is -0.530. The number of fused-ring (bicyclic) bond motifs is 1. The standard InChI is InChI=1S/C9H14O2/c1-6-2-3-7-4-9(10)11-5-8(6)7/h6-8H,2-5H2,1H3/t6-,7-,8-/m0/s1. The summed E-state index contributed by atoms with van der Waals surface area (Å²) in [7, 11) is 0. The lowest BCUT2D eigenvalue weighted by molar-refractivity contribution is -0.152. The quantitative estimate of drug-likeness (QED) is 0.495. The number of rotatable bonds is 0. The molecule has 0 aromatic heterocycles. The zero-order chi connectivity index (χ0) is 7.84. The fourth-order valence-corrected chi connectivity index (χ4v) is 2.39. The van der Waals surface area contributed by atoms with Crippen molar-refractivity contribution in [2.45, 2.75) is 26.2 Å². The van der Waals surface area contributed by atoms with Crippen LogP contribution in [0.2, 0.25) is 0 Å². The van der Waals surface area contributed by atoms with E-state index in [1.54, 1.807) is 0 Å². The van der Waals surface area contributed by atoms with Crippen LogP contribution in [0.15, 0.2) is 0 Å². The number of carbonyl (C=O) groups is 1. The molecule has 0 unspecified atom stereocenters. The average molecular weight is 154 g/mol. The van der Waals surface area contributed by atoms with E-state index in [0.717, 1.165) is 5.92 Å². The van der Waals surface area contributed by atoms with Crippen LogP contribution < -0.4 is 0 Å². The number of cyclic esters (lactones) is 1. The van der Waals surface area contributed by atoms with Gasteiger partial charge in [0.15, 0.2) is 0 Å². The molecule has 1 heterocycles. The van der Waals surface area contributed by atoms with Gasteiger partial charge in [0.2, 0.25) is 0 Å². The molecule has 1 aliphatic heterocycles. The molecule has 3 atom stereocenters. The van der Waals surface area contributed by atoms with E-state index >= 15 is 0 Å². The number of ether oxygens (including phenoxy) is 1. The van der Waals surface area contributed by atoms with Crippen LogP contribution in [-0.2, 0) is 9.53 Å². The van der Waals surface area contributed by atoms with Crippen molar-refractivity contribution in [1.82, 2.24) is 0 Å². The van der Waals surface area contributed by atoms with Gasteiger partial charge in [-0.2, -0.15) is 0 Å². The first-order valence-corrected chi connectivity index (χ1v) is 4.43. The number of hydrogen-bond acceptors (Lipinski definition) is 2. The largest absolute Gasteiger partial charge is 0.465 e. The maximum Gasteiger partial charge on any atom is 0.306 e. The Morgan fingerprint density at radius 2 is 2.27 bits per heavy atom. The smallest absolute Gasteiger partial charge is 0.306 e. The molecule has 0 amide bonds. The van der Waals surface area contributed by atoms with Crippen LogP contribution in [0.3, 0.4) is 0 Å². The zero-order valence-corrected chi connectivity index (χ0v) is 6.88. The van der Waals surface area contributed by atoms with Crippen molar-refractivity contribution in [3.05, 3.63) is 0 Å². The van der Waals surface area contributed by atoms with Crippen molar-refractivity contribution >= 4 is 5.97 Å². The van der Waals surface area contributed by atoms with E-state index in [0.29, 0.717) is 24.9 Å². The lowest BCUT2D eigenvalue weighted by atomic mass is 9.87. The molecule has 0 radical (unpaired) electrons. The lowest BCUT2D eigenvalue weighted by Gasteiger charge is -2.26. The van der Waals surface area contributed by atoms with Crippen molar-refractivity contribution in [2.24, 2.45) is 17.8 Å². The van der Waals surface area contributed by atoms with Crippen LogP contribution in [0.25, 0.3) is 0 Å². The Morgan fingerprint density at radius 1 is 1.45 bits per heavy atom. The van der Waals surface area contributed by atoms with Crippen molar-refractivity contribution in [3.63, 3.8) is 0 Å². The molecule has 2 heteroatoms. The van der Waals surface area contributed by atoms with Gasteiger partial charge in [-0.3, -0.25) is 4.79 Å². The second kappa shape index (κ2) is 2.50. The summed E-state index contributed by atoms with van der Waals surface area (Å²) in [5, 5.41) is 0. The average Bonchev–Trinajstić information content (AvgIpc) is 2.32. The van der Waals surface area contributed by atoms with Gasteiger partial charge in [-0.15, -0.1) is 0 Å². The Labute approximate surface area is 66.9 Å². The number of carbonyl (C=O) groups excluding carboxylic acids is 1. The predicted octanol–water partition coefficient (Wildman–Crippen LogP) is 1.60. The molecule has 0 aromatic carbocycles. The Bertz CT molecular complexity index is 176. The van der Waals surface area contributed by atoms with Crippen LogP contribution in [0.4, 0.5) is 0 Å². The summed E-state index contributed by atoms with van der Waals surface area (Å²) in [4.78, 5) is 10.9. The molecule has 2 fully saturated rings. The van der Waals surface area contributed by atoms with E-state index < -0.39 is 0 Å². The topological polar surface area (TPSA) is 26.3 Å². The van der Waals surface area contributed by atoms with Crippen molar-refractivity contribution in [1.29, 1.82) is 0 Å². The minimum atomic E-state index is 0.0142. The van der Waals surface area contributed by atoms with Gasteiger partial charge in [0.05, 0.1) is 6.61 Å². The third-order valence-corrected chi connectivity index (χ3v) is 3.19. The normalized spacial score (nSPS) is 43.4. The first-order chi connectivity index (χ1) is 5.27. The van der Waals surface area contributed by atoms with Gasteiger partial charge in [-0.05, 0) is 24.2 Å². The third kappa shape index (κ3) is 1.15. The fourth-order valence-electron chi connectivity index (χ4n) is 2.39. The van der Waals surface area contributed by atoms with Gasteiger partial charge < -0.3 is 4.74 Å². The Kier molecular flexibility index (Phi) is 1.63. The Balaban J connectivity index is 2.05. The van der Waals surface area contributed by atoms with Gasteiger partial charge in [-0.25, -0.2) is 0 Å². The first-order valence-electron chi connectivity index (χ1n) is 4.43. The molecule has 2 nitrogen and oxygen atoms in total. The summed E-state index contributed by atoms with van der Waals surface area (Å²) >= 11 is 0. The van der Waals surface area contributed by atoms with Crippen LogP contribution in [0, 0.1) is 17.8 Å². The summed E-state index contributed by atoms with van der Waals surface area (Å²) in [6.45, 7) is 2.95. The third-order valence-electron chi connectivity index (χ3n) is 3.19. The lowest BCUT2D eigenvalue weighted by Crippen LogP contribution is -2.29. The van der Waals surface area contributed by atoms with Crippen molar-refractivity contribution < 1.29 is 9.53 Å². The van der Waals surface area contributed by atoms with E-state index in [1.807, 2.05) is 0 Å². The fraction of sp³-hybridized carbons (Fsp3) is 0.889. The highest BCUT2D eigenvalue weighted by Gasteiger charge is 2.38. The highest BCUT2D eigenvalue weighted by atomic mass is 16.5. The number of esters is 1. The van der Waals surface area contributed by atoms with Crippen molar-refractivity contribution in [2.75, 3.05) is 6.61 Å². The summed E-state index contributed by atoms with van der Waals surface area (Å²) < 4.78 is 5.02. The molecule has 1 aliphatic carbocycles. The van der Waals surface area contributed by atoms with Gasteiger partial charge in [0, 0.05) is 6.42 Å². The van der Waals surface area contributed by atoms with Gasteiger partial charge in [0.1, 0.15) is 0 Å². The minimum Gasteiger partial charge on any atom is -0.465 e. The maximum atomic E-state index is 10.9. The summed E-state index contributed by atoms with van der Waals surface area (Å²) in [5.74, 6) is 2.10. The summed E-state index contributed by atoms with van der Waals surface area (Å²) in [5.41, 5.74) is 0. The first kappa shape index (κ1) is 7.14. The molecular formula is C9H14O2. The van der Waals surface area contributed by atoms with Crippen LogP contribution in [0.5, 0.6) is 0 Å². The summed E-state index contributed by atoms with van der Waals surface area (Å²) in [6.07, 6.45) is 3.20. The summed E-state index contributed by atoms with van der Waals surface area (Å²) in [6, 6.07) is 0. The van der Waals surface area contributed by atoms with Gasteiger partial charge in [-0.1, -0.05) is 13.3 Å². The molecule has 2 rings (SSSR count). The van der Waals surface area contributed by atoms with E-state index in [-0.39, 0.29) is 5.97 Å². The maximum absolute atomic E-state index is 10.9. The highest BCUT2D eigenvalue weighted by molar-refractivity contribution is 5.70. The molecule has 0 spiro atoms. The molecular weight excluding hydrogens is 140 g/mol. The van der Waals surface area contributed by atoms with Gasteiger partial charge >= 0.3 is 5.97 Å². The second-order valence-corrected chi connectivity index (χ2v) is 3.87. The molecule has 62 valence electrons. The van der Waals surface area contributed by atoms with E-state index in [1.165, 1.54) is 12.8 Å². The van der Waals surface area contributed by atoms with Crippen LogP contribution >= 0.6 is 0 Å². The molecule has 11 heavy (non-hydrogen) atoms. The Morgan fingerprint density at radius 3 is 3.09 bits per heavy atom. The monoisotopic (exact) mass is 154 g/mol. The highest BCUT2D eigenvalue weighted by Crippen LogP contribution is 2.41. The van der Waals surface area contributed by atoms with Crippen LogP contribution in [0.1, 0.15) is 26.2 Å². The molecule has 1 saturated carbocycles. The zero-order valence-electron chi connectivity index (χ0n) is 6.88. The molecule has 0 N–H and O–H groups in total. The molecule has 0 bridgehead atoms. The predicted molar refractivity (Wildman–Crippen MR) is 41.0 cm³/mol. The van der Waals surface area contributed by atoms with E-state index in [2.05, 4.69) is 6.92 Å². The van der Waals surface area contributed by atoms with E-state index in [4.69, 9.17) is 4.74 Å². The van der Waals surface area contributed by atoms with Crippen LogP contribution in [-0.4, -0.2) is 12.6 Å². The minimum absolute atomic E-state index is 0.0142.